The number of benzene rings is 2. The van der Waals surface area contributed by atoms with Crippen LogP contribution >= 0.6 is 11.8 Å². The average molecular weight is 494 g/mol. The lowest BCUT2D eigenvalue weighted by atomic mass is 10.2. The molecule has 0 aliphatic carbocycles. The minimum Gasteiger partial charge on any atom is -0.368 e. The Morgan fingerprint density at radius 2 is 1.46 bits per heavy atom. The van der Waals surface area contributed by atoms with Crippen molar-refractivity contribution in [1.29, 1.82) is 0 Å². The van der Waals surface area contributed by atoms with E-state index < -0.39 is 0 Å². The summed E-state index contributed by atoms with van der Waals surface area (Å²) in [7, 11) is 0. The first-order valence-corrected chi connectivity index (χ1v) is 12.0. The van der Waals surface area contributed by atoms with Gasteiger partial charge in [-0.15, -0.1) is 5.10 Å². The van der Waals surface area contributed by atoms with Gasteiger partial charge in [-0.25, -0.2) is 23.4 Å². The molecule has 3 heterocycles. The van der Waals surface area contributed by atoms with E-state index in [-0.39, 0.29) is 23.2 Å². The van der Waals surface area contributed by atoms with Crippen LogP contribution in [0.1, 0.15) is 16.2 Å². The Balaban J connectivity index is 1.36. The van der Waals surface area contributed by atoms with E-state index in [1.165, 1.54) is 36.0 Å². The van der Waals surface area contributed by atoms with Crippen LogP contribution in [-0.2, 0) is 5.75 Å². The number of hydrogen-bond acceptors (Lipinski definition) is 7. The molecule has 178 valence electrons. The highest BCUT2D eigenvalue weighted by Crippen LogP contribution is 2.24. The maximum Gasteiger partial charge on any atom is 0.276 e. The van der Waals surface area contributed by atoms with Gasteiger partial charge in [0.2, 0.25) is 0 Å². The summed E-state index contributed by atoms with van der Waals surface area (Å²) >= 11 is 1.36. The van der Waals surface area contributed by atoms with E-state index in [1.807, 2.05) is 0 Å². The summed E-state index contributed by atoms with van der Waals surface area (Å²) in [5.41, 5.74) is 2.34. The SMILES string of the molecule is O=C(c1nnn(-c2ccc(F)cc2)c1CSc1ncccn1)N1CCN(c2ccc(F)cc2)CC1. The van der Waals surface area contributed by atoms with Crippen molar-refractivity contribution in [3.05, 3.63) is 90.0 Å². The molecule has 0 bridgehead atoms. The molecule has 35 heavy (non-hydrogen) atoms. The second-order valence-electron chi connectivity index (χ2n) is 7.85. The fourth-order valence-electron chi connectivity index (χ4n) is 3.85. The number of anilines is 1. The molecule has 1 aliphatic rings. The quantitative estimate of drug-likeness (QED) is 0.300. The van der Waals surface area contributed by atoms with Gasteiger partial charge in [-0.05, 0) is 54.6 Å². The van der Waals surface area contributed by atoms with Crippen molar-refractivity contribution < 1.29 is 13.6 Å². The van der Waals surface area contributed by atoms with Crippen LogP contribution in [0.2, 0.25) is 0 Å². The van der Waals surface area contributed by atoms with Gasteiger partial charge >= 0.3 is 0 Å². The van der Waals surface area contributed by atoms with Crippen molar-refractivity contribution in [3.8, 4) is 5.69 Å². The monoisotopic (exact) mass is 493 g/mol. The number of nitrogens with zero attached hydrogens (tertiary/aromatic N) is 7. The summed E-state index contributed by atoms with van der Waals surface area (Å²) in [4.78, 5) is 25.8. The van der Waals surface area contributed by atoms with Gasteiger partial charge < -0.3 is 9.80 Å². The van der Waals surface area contributed by atoms with E-state index >= 15 is 0 Å². The number of hydrogen-bond donors (Lipinski definition) is 0. The molecule has 0 radical (unpaired) electrons. The Bertz CT molecular complexity index is 1290. The van der Waals surface area contributed by atoms with Crippen molar-refractivity contribution >= 4 is 23.4 Å². The van der Waals surface area contributed by atoms with E-state index in [0.29, 0.717) is 48.5 Å². The molecule has 5 rings (SSSR count). The van der Waals surface area contributed by atoms with Gasteiger partial charge in [0.25, 0.3) is 5.91 Å². The molecule has 1 fully saturated rings. The predicted molar refractivity (Wildman–Crippen MR) is 127 cm³/mol. The lowest BCUT2D eigenvalue weighted by Crippen LogP contribution is -2.49. The Morgan fingerprint density at radius 1 is 0.857 bits per heavy atom. The molecule has 0 saturated carbocycles. The van der Waals surface area contributed by atoms with Gasteiger partial charge in [0, 0.05) is 50.0 Å². The van der Waals surface area contributed by atoms with E-state index in [1.54, 1.807) is 52.3 Å². The van der Waals surface area contributed by atoms with Crippen molar-refractivity contribution in [2.45, 2.75) is 10.9 Å². The maximum atomic E-state index is 13.5. The van der Waals surface area contributed by atoms with Crippen molar-refractivity contribution in [2.24, 2.45) is 0 Å². The summed E-state index contributed by atoms with van der Waals surface area (Å²) in [5.74, 6) is -0.511. The number of aromatic nitrogens is 5. The molecule has 0 spiro atoms. The highest BCUT2D eigenvalue weighted by atomic mass is 32.2. The molecular formula is C24H21F2N7OS. The van der Waals surface area contributed by atoms with Crippen LogP contribution in [0.4, 0.5) is 14.5 Å². The second kappa shape index (κ2) is 10.2. The molecule has 2 aromatic heterocycles. The van der Waals surface area contributed by atoms with Gasteiger partial charge in [0.15, 0.2) is 10.9 Å². The summed E-state index contributed by atoms with van der Waals surface area (Å²) in [5, 5.41) is 8.98. The van der Waals surface area contributed by atoms with Gasteiger partial charge in [-0.3, -0.25) is 4.79 Å². The molecule has 0 atom stereocenters. The van der Waals surface area contributed by atoms with Gasteiger partial charge in [-0.2, -0.15) is 0 Å². The molecule has 1 amide bonds. The van der Waals surface area contributed by atoms with Gasteiger partial charge in [0.1, 0.15) is 11.6 Å². The Morgan fingerprint density at radius 3 is 2.09 bits per heavy atom. The van der Waals surface area contributed by atoms with E-state index in [0.717, 1.165) is 5.69 Å². The fourth-order valence-corrected chi connectivity index (χ4v) is 4.64. The van der Waals surface area contributed by atoms with Crippen LogP contribution in [-0.4, -0.2) is 61.9 Å². The summed E-state index contributed by atoms with van der Waals surface area (Å²) < 4.78 is 28.3. The van der Waals surface area contributed by atoms with Gasteiger partial charge in [0.05, 0.1) is 11.4 Å². The van der Waals surface area contributed by atoms with Gasteiger partial charge in [-0.1, -0.05) is 17.0 Å². The fraction of sp³-hybridized carbons (Fsp3) is 0.208. The number of halogens is 2. The van der Waals surface area contributed by atoms with Crippen LogP contribution in [0.25, 0.3) is 5.69 Å². The first-order valence-electron chi connectivity index (χ1n) is 11.0. The molecule has 1 aliphatic heterocycles. The van der Waals surface area contributed by atoms with Crippen LogP contribution < -0.4 is 4.90 Å². The normalized spacial score (nSPS) is 13.8. The molecular weight excluding hydrogens is 472 g/mol. The van der Waals surface area contributed by atoms with Crippen molar-refractivity contribution in [3.63, 3.8) is 0 Å². The highest BCUT2D eigenvalue weighted by molar-refractivity contribution is 7.98. The third-order valence-electron chi connectivity index (χ3n) is 5.68. The number of carbonyl (C=O) groups excluding carboxylic acids is 1. The number of rotatable bonds is 6. The standard InChI is InChI=1S/C24H21F2N7OS/c25-17-2-6-19(7-3-17)31-12-14-32(15-13-31)23(34)22-21(16-35-24-27-10-1-11-28-24)33(30-29-22)20-8-4-18(26)5-9-20/h1-11H,12-16H2. The molecule has 8 nitrogen and oxygen atoms in total. The van der Waals surface area contributed by atoms with Crippen LogP contribution in [0.5, 0.6) is 0 Å². The molecule has 0 unspecified atom stereocenters. The predicted octanol–water partition coefficient (Wildman–Crippen LogP) is 3.59. The largest absolute Gasteiger partial charge is 0.368 e. The van der Waals surface area contributed by atoms with E-state index in [4.69, 9.17) is 0 Å². The molecule has 1 saturated heterocycles. The Hall–Kier alpha value is -3.86. The van der Waals surface area contributed by atoms with E-state index in [9.17, 15) is 13.6 Å². The van der Waals surface area contributed by atoms with Crippen LogP contribution in [0, 0.1) is 11.6 Å². The molecule has 2 aromatic carbocycles. The lowest BCUT2D eigenvalue weighted by Gasteiger charge is -2.35. The third kappa shape index (κ3) is 5.14. The smallest absolute Gasteiger partial charge is 0.276 e. The van der Waals surface area contributed by atoms with Crippen molar-refractivity contribution in [1.82, 2.24) is 29.9 Å². The minimum absolute atomic E-state index is 0.221. The Labute approximate surface area is 204 Å². The van der Waals surface area contributed by atoms with Crippen LogP contribution in [0.15, 0.2) is 72.1 Å². The van der Waals surface area contributed by atoms with Crippen LogP contribution in [0.3, 0.4) is 0 Å². The zero-order chi connectivity index (χ0) is 24.2. The number of thioether (sulfide) groups is 1. The Kier molecular flexibility index (Phi) is 6.66. The zero-order valence-corrected chi connectivity index (χ0v) is 19.4. The maximum absolute atomic E-state index is 13.5. The zero-order valence-electron chi connectivity index (χ0n) is 18.6. The number of amides is 1. The average Bonchev–Trinajstić information content (AvgIpc) is 3.32. The molecule has 11 heteroatoms. The molecule has 4 aromatic rings. The van der Waals surface area contributed by atoms with E-state index in [2.05, 4.69) is 25.2 Å². The van der Waals surface area contributed by atoms with Crippen molar-refractivity contribution in [2.75, 3.05) is 31.1 Å². The topological polar surface area (TPSA) is 80.0 Å². The summed E-state index contributed by atoms with van der Waals surface area (Å²) in [6.07, 6.45) is 3.30. The first kappa shape index (κ1) is 22.9. The second-order valence-corrected chi connectivity index (χ2v) is 8.79. The number of piperazine rings is 1. The lowest BCUT2D eigenvalue weighted by molar-refractivity contribution is 0.0740. The summed E-state index contributed by atoms with van der Waals surface area (Å²) in [6.45, 7) is 2.22. The minimum atomic E-state index is -0.363. The summed E-state index contributed by atoms with van der Waals surface area (Å²) in [6, 6.07) is 13.9. The first-order chi connectivity index (χ1) is 17.1. The number of carbonyl (C=O) groups is 1. The molecule has 0 N–H and O–H groups in total. The highest BCUT2D eigenvalue weighted by Gasteiger charge is 2.28. The third-order valence-corrected chi connectivity index (χ3v) is 6.56.